The molecule has 0 amide bonds. The minimum atomic E-state index is -2.95. The van der Waals surface area contributed by atoms with Gasteiger partial charge in [-0.15, -0.1) is 0 Å². The molecule has 0 radical (unpaired) electrons. The summed E-state index contributed by atoms with van der Waals surface area (Å²) in [6, 6.07) is -0.0984. The molecule has 1 N–H and O–H groups in total. The lowest BCUT2D eigenvalue weighted by molar-refractivity contribution is 0.486. The van der Waals surface area contributed by atoms with Gasteiger partial charge in [0.1, 0.15) is 5.82 Å². The molecule has 2 aromatic heterocycles. The Labute approximate surface area is 139 Å². The van der Waals surface area contributed by atoms with E-state index >= 15 is 0 Å². The summed E-state index contributed by atoms with van der Waals surface area (Å²) in [5, 5.41) is 15.5. The van der Waals surface area contributed by atoms with Crippen LogP contribution < -0.4 is 0 Å². The molecule has 8 nitrogen and oxygen atoms in total. The maximum atomic E-state index is 11.7. The van der Waals surface area contributed by atoms with Gasteiger partial charge in [-0.1, -0.05) is 0 Å². The molecule has 0 aliphatic carbocycles. The predicted molar refractivity (Wildman–Crippen MR) is 89.1 cm³/mol. The largest absolute Gasteiger partial charge is 0.265 e. The van der Waals surface area contributed by atoms with E-state index in [-0.39, 0.29) is 17.5 Å². The van der Waals surface area contributed by atoms with Crippen LogP contribution in [0.4, 0.5) is 0 Å². The van der Waals surface area contributed by atoms with Crippen molar-refractivity contribution in [3.05, 3.63) is 27.5 Å². The Balaban J connectivity index is 1.94. The number of rotatable bonds is 3. The van der Waals surface area contributed by atoms with E-state index in [2.05, 4.69) is 20.4 Å². The van der Waals surface area contributed by atoms with Crippen molar-refractivity contribution in [2.24, 2.45) is 5.10 Å². The Hall–Kier alpha value is -1.81. The fourth-order valence-corrected chi connectivity index (χ4v) is 4.73. The zero-order valence-electron chi connectivity index (χ0n) is 13.1. The quantitative estimate of drug-likeness (QED) is 0.662. The van der Waals surface area contributed by atoms with Gasteiger partial charge in [0.05, 0.1) is 29.5 Å². The van der Waals surface area contributed by atoms with E-state index in [1.165, 1.54) is 4.68 Å². The summed E-state index contributed by atoms with van der Waals surface area (Å²) in [7, 11) is -2.95. The maximum Gasteiger partial charge on any atom is 0.216 e. The van der Waals surface area contributed by atoms with Crippen molar-refractivity contribution in [2.45, 2.75) is 33.2 Å². The molecule has 10 heteroatoms. The van der Waals surface area contributed by atoms with Gasteiger partial charge in [-0.2, -0.15) is 20.0 Å². The molecule has 23 heavy (non-hydrogen) atoms. The summed E-state index contributed by atoms with van der Waals surface area (Å²) in [6.07, 6.45) is 2.29. The van der Waals surface area contributed by atoms with Crippen LogP contribution in [-0.2, 0) is 9.84 Å². The monoisotopic (exact) mass is 354 g/mol. The standard InChI is InChI=1S/C13H18N6O2S2/c1-8-12(6-14-19-10(3)15-16-13(19)22)9(2)18(17-8)11-4-5-23(20,21)7-11/h6,11H,4-5,7H2,1-3H3,(H,16,22)/b14-6-/t11-/m1/s1. The molecule has 1 aliphatic heterocycles. The van der Waals surface area contributed by atoms with Crippen LogP contribution in [0, 0.1) is 25.5 Å². The van der Waals surface area contributed by atoms with Crippen LogP contribution in [0.2, 0.25) is 0 Å². The van der Waals surface area contributed by atoms with Crippen LogP contribution in [0.1, 0.15) is 35.2 Å². The molecule has 0 saturated carbocycles. The summed E-state index contributed by atoms with van der Waals surface area (Å²) in [4.78, 5) is 0. The molecular weight excluding hydrogens is 336 g/mol. The lowest BCUT2D eigenvalue weighted by Crippen LogP contribution is -2.14. The molecule has 1 fully saturated rings. The van der Waals surface area contributed by atoms with Crippen molar-refractivity contribution < 1.29 is 8.42 Å². The van der Waals surface area contributed by atoms with Gasteiger partial charge < -0.3 is 0 Å². The molecule has 1 atom stereocenters. The first kappa shape index (κ1) is 16.1. The summed E-state index contributed by atoms with van der Waals surface area (Å²) in [6.45, 7) is 5.61. The molecule has 2 aromatic rings. The van der Waals surface area contributed by atoms with Gasteiger partial charge in [0.25, 0.3) is 0 Å². The molecule has 3 heterocycles. The highest BCUT2D eigenvalue weighted by molar-refractivity contribution is 7.91. The summed E-state index contributed by atoms with van der Waals surface area (Å²) < 4.78 is 27.1. The molecule has 0 spiro atoms. The number of H-pyrrole nitrogens is 1. The number of hydrogen-bond donors (Lipinski definition) is 1. The first-order valence-electron chi connectivity index (χ1n) is 7.23. The zero-order valence-corrected chi connectivity index (χ0v) is 14.8. The molecule has 0 bridgehead atoms. The first-order chi connectivity index (χ1) is 10.8. The SMILES string of the molecule is Cc1nn([C@@H]2CCS(=O)(=O)C2)c(C)c1/C=N\n1c(C)n[nH]c1=S. The van der Waals surface area contributed by atoms with Crippen molar-refractivity contribution in [1.82, 2.24) is 24.7 Å². The Morgan fingerprint density at radius 3 is 2.70 bits per heavy atom. The van der Waals surface area contributed by atoms with Crippen LogP contribution in [0.15, 0.2) is 5.10 Å². The van der Waals surface area contributed by atoms with Crippen molar-refractivity contribution in [3.8, 4) is 0 Å². The molecule has 1 saturated heterocycles. The minimum Gasteiger partial charge on any atom is -0.265 e. The highest BCUT2D eigenvalue weighted by Crippen LogP contribution is 2.26. The number of hydrogen-bond acceptors (Lipinski definition) is 6. The van der Waals surface area contributed by atoms with Gasteiger partial charge >= 0.3 is 0 Å². The first-order valence-corrected chi connectivity index (χ1v) is 9.46. The van der Waals surface area contributed by atoms with Crippen LogP contribution in [0.3, 0.4) is 0 Å². The van der Waals surface area contributed by atoms with Crippen LogP contribution in [0.25, 0.3) is 0 Å². The normalized spacial score (nSPS) is 20.6. The summed E-state index contributed by atoms with van der Waals surface area (Å²) >= 11 is 5.12. The van der Waals surface area contributed by atoms with E-state index in [1.54, 1.807) is 13.1 Å². The number of nitrogens with one attached hydrogen (secondary N) is 1. The second kappa shape index (κ2) is 5.68. The number of nitrogens with zero attached hydrogens (tertiary/aromatic N) is 5. The van der Waals surface area contributed by atoms with Gasteiger partial charge in [0, 0.05) is 11.3 Å². The Morgan fingerprint density at radius 1 is 1.39 bits per heavy atom. The third-order valence-corrected chi connectivity index (χ3v) is 6.06. The number of aryl methyl sites for hydroxylation is 2. The van der Waals surface area contributed by atoms with Gasteiger partial charge in [0.15, 0.2) is 9.84 Å². The van der Waals surface area contributed by atoms with Crippen LogP contribution in [-0.4, -0.2) is 50.8 Å². The second-order valence-electron chi connectivity index (χ2n) is 5.72. The van der Waals surface area contributed by atoms with E-state index < -0.39 is 9.84 Å². The Bertz CT molecular complexity index is 934. The topological polar surface area (TPSA) is 97.9 Å². The van der Waals surface area contributed by atoms with Crippen LogP contribution in [0.5, 0.6) is 0 Å². The van der Waals surface area contributed by atoms with E-state index in [0.29, 0.717) is 17.0 Å². The zero-order chi connectivity index (χ0) is 16.8. The molecular formula is C13H18N6O2S2. The highest BCUT2D eigenvalue weighted by atomic mass is 32.2. The van der Waals surface area contributed by atoms with E-state index in [1.807, 2.05) is 18.5 Å². The average molecular weight is 354 g/mol. The second-order valence-corrected chi connectivity index (χ2v) is 8.33. The van der Waals surface area contributed by atoms with Crippen molar-refractivity contribution in [1.29, 1.82) is 0 Å². The third-order valence-electron chi connectivity index (χ3n) is 4.05. The van der Waals surface area contributed by atoms with Crippen LogP contribution >= 0.6 is 12.2 Å². The van der Waals surface area contributed by atoms with E-state index in [4.69, 9.17) is 12.2 Å². The van der Waals surface area contributed by atoms with E-state index in [9.17, 15) is 8.42 Å². The Morgan fingerprint density at radius 2 is 2.13 bits per heavy atom. The van der Waals surface area contributed by atoms with Gasteiger partial charge in [0.2, 0.25) is 4.77 Å². The minimum absolute atomic E-state index is 0.0984. The molecule has 3 rings (SSSR count). The number of aromatic amines is 1. The summed E-state index contributed by atoms with van der Waals surface area (Å²) in [5.74, 6) is 1.04. The number of sulfone groups is 1. The lowest BCUT2D eigenvalue weighted by Gasteiger charge is -2.10. The molecule has 1 aliphatic rings. The summed E-state index contributed by atoms with van der Waals surface area (Å²) in [5.41, 5.74) is 2.58. The molecule has 0 unspecified atom stereocenters. The smallest absolute Gasteiger partial charge is 0.216 e. The van der Waals surface area contributed by atoms with Crippen molar-refractivity contribution in [3.63, 3.8) is 0 Å². The highest BCUT2D eigenvalue weighted by Gasteiger charge is 2.31. The van der Waals surface area contributed by atoms with Crippen molar-refractivity contribution >= 4 is 28.3 Å². The van der Waals surface area contributed by atoms with Crippen molar-refractivity contribution in [2.75, 3.05) is 11.5 Å². The third kappa shape index (κ3) is 3.00. The molecule has 124 valence electrons. The average Bonchev–Trinajstić information content (AvgIpc) is 3.08. The fourth-order valence-electron chi connectivity index (χ4n) is 2.81. The van der Waals surface area contributed by atoms with Gasteiger partial charge in [-0.3, -0.25) is 9.78 Å². The fraction of sp³-hybridized carbons (Fsp3) is 0.538. The molecule has 0 aromatic carbocycles. The predicted octanol–water partition coefficient (Wildman–Crippen LogP) is 1.30. The number of aromatic nitrogens is 5. The Kier molecular flexibility index (Phi) is 3.96. The van der Waals surface area contributed by atoms with Gasteiger partial charge in [-0.25, -0.2) is 8.42 Å². The van der Waals surface area contributed by atoms with Gasteiger partial charge in [-0.05, 0) is 39.4 Å². The maximum absolute atomic E-state index is 11.7. The van der Waals surface area contributed by atoms with E-state index in [0.717, 1.165) is 17.0 Å². The lowest BCUT2D eigenvalue weighted by atomic mass is 10.2.